The summed E-state index contributed by atoms with van der Waals surface area (Å²) in [6, 6.07) is 4.99. The van der Waals surface area contributed by atoms with Gasteiger partial charge in [0.05, 0.1) is 4.90 Å². The molecule has 0 saturated carbocycles. The molecule has 1 aliphatic rings. The van der Waals surface area contributed by atoms with E-state index in [2.05, 4.69) is 0 Å². The molecular weight excluding hydrogens is 284 g/mol. The Labute approximate surface area is 119 Å². The lowest BCUT2D eigenvalue weighted by Gasteiger charge is -2.19. The summed E-state index contributed by atoms with van der Waals surface area (Å²) < 4.78 is 26.7. The fourth-order valence-electron chi connectivity index (χ4n) is 2.41. The number of nitrogens with two attached hydrogens (primary N) is 1. The van der Waals surface area contributed by atoms with Crippen LogP contribution in [0.25, 0.3) is 0 Å². The quantitative estimate of drug-likeness (QED) is 0.929. The molecule has 1 aromatic rings. The molecule has 0 aliphatic carbocycles. The molecule has 2 rings (SSSR count). The van der Waals surface area contributed by atoms with E-state index in [1.54, 1.807) is 25.1 Å². The molecule has 0 spiro atoms. The van der Waals surface area contributed by atoms with Gasteiger partial charge in [-0.05, 0) is 43.9 Å². The van der Waals surface area contributed by atoms with Crippen LogP contribution in [-0.2, 0) is 10.0 Å². The molecular formula is C13H19ClN2O2S. The molecule has 0 bridgehead atoms. The number of nitrogens with zero attached hydrogens (tertiary/aromatic N) is 1. The van der Waals surface area contributed by atoms with Crippen LogP contribution in [0.4, 0.5) is 0 Å². The maximum atomic E-state index is 12.6. The van der Waals surface area contributed by atoms with Gasteiger partial charge in [-0.1, -0.05) is 17.7 Å². The van der Waals surface area contributed by atoms with Gasteiger partial charge in [-0.2, -0.15) is 4.31 Å². The van der Waals surface area contributed by atoms with Crippen LogP contribution >= 0.6 is 11.6 Å². The summed E-state index contributed by atoms with van der Waals surface area (Å²) in [5.74, 6) is 0.231. The fourth-order valence-corrected chi connectivity index (χ4v) is 4.40. The Morgan fingerprint density at radius 3 is 2.74 bits per heavy atom. The van der Waals surface area contributed by atoms with Crippen LogP contribution in [0.5, 0.6) is 0 Å². The zero-order valence-electron chi connectivity index (χ0n) is 11.1. The van der Waals surface area contributed by atoms with E-state index >= 15 is 0 Å². The van der Waals surface area contributed by atoms with Gasteiger partial charge in [0.25, 0.3) is 0 Å². The predicted octanol–water partition coefficient (Wildman–Crippen LogP) is 2.01. The van der Waals surface area contributed by atoms with Crippen LogP contribution in [0.1, 0.15) is 18.9 Å². The Morgan fingerprint density at radius 2 is 2.16 bits per heavy atom. The van der Waals surface area contributed by atoms with Gasteiger partial charge in [0.15, 0.2) is 0 Å². The third-order valence-corrected chi connectivity index (χ3v) is 6.19. The van der Waals surface area contributed by atoms with Gasteiger partial charge >= 0.3 is 0 Å². The number of hydrogen-bond donors (Lipinski definition) is 1. The highest BCUT2D eigenvalue weighted by molar-refractivity contribution is 7.89. The van der Waals surface area contributed by atoms with Crippen molar-refractivity contribution in [3.8, 4) is 0 Å². The largest absolute Gasteiger partial charge is 0.328 e. The Bertz CT molecular complexity index is 572. The van der Waals surface area contributed by atoms with E-state index in [4.69, 9.17) is 17.3 Å². The lowest BCUT2D eigenvalue weighted by Crippen LogP contribution is -2.33. The number of benzene rings is 1. The van der Waals surface area contributed by atoms with E-state index in [1.165, 1.54) is 4.31 Å². The van der Waals surface area contributed by atoms with E-state index in [0.717, 1.165) is 6.42 Å². The minimum absolute atomic E-state index is 0.0145. The molecule has 1 heterocycles. The molecule has 2 unspecified atom stereocenters. The second kappa shape index (κ2) is 5.40. The maximum Gasteiger partial charge on any atom is 0.243 e. The van der Waals surface area contributed by atoms with Crippen molar-refractivity contribution in [3.63, 3.8) is 0 Å². The monoisotopic (exact) mass is 302 g/mol. The first-order valence-corrected chi connectivity index (χ1v) is 8.16. The van der Waals surface area contributed by atoms with Gasteiger partial charge in [0.1, 0.15) is 0 Å². The molecule has 2 atom stereocenters. The van der Waals surface area contributed by atoms with Crippen LogP contribution in [-0.4, -0.2) is 31.9 Å². The highest BCUT2D eigenvalue weighted by atomic mass is 35.5. The van der Waals surface area contributed by atoms with Gasteiger partial charge in [0.2, 0.25) is 10.0 Å². The van der Waals surface area contributed by atoms with Crippen LogP contribution in [0.15, 0.2) is 23.1 Å². The zero-order valence-corrected chi connectivity index (χ0v) is 12.7. The molecule has 0 aromatic heterocycles. The molecule has 1 aliphatic heterocycles. The molecule has 6 heteroatoms. The van der Waals surface area contributed by atoms with Gasteiger partial charge in [-0.15, -0.1) is 0 Å². The molecule has 0 amide bonds. The SMILES string of the molecule is Cc1c(Cl)cccc1S(=O)(=O)N1CCC(C(C)N)C1. The summed E-state index contributed by atoms with van der Waals surface area (Å²) in [7, 11) is -3.46. The molecule has 1 fully saturated rings. The van der Waals surface area contributed by atoms with Gasteiger partial charge in [0, 0.05) is 24.2 Å². The molecule has 2 N–H and O–H groups in total. The third kappa shape index (κ3) is 2.79. The van der Waals surface area contributed by atoms with Crippen LogP contribution in [0, 0.1) is 12.8 Å². The molecule has 19 heavy (non-hydrogen) atoms. The second-order valence-corrected chi connectivity index (χ2v) is 7.45. The first-order valence-electron chi connectivity index (χ1n) is 6.35. The van der Waals surface area contributed by atoms with E-state index in [9.17, 15) is 8.42 Å². The average Bonchev–Trinajstić information content (AvgIpc) is 2.82. The summed E-state index contributed by atoms with van der Waals surface area (Å²) in [5, 5.41) is 0.476. The van der Waals surface area contributed by atoms with Crippen molar-refractivity contribution in [2.45, 2.75) is 31.2 Å². The van der Waals surface area contributed by atoms with E-state index in [1.807, 2.05) is 6.92 Å². The van der Waals surface area contributed by atoms with Crippen molar-refractivity contribution in [1.29, 1.82) is 0 Å². The summed E-state index contributed by atoms with van der Waals surface area (Å²) in [6.07, 6.45) is 0.816. The summed E-state index contributed by atoms with van der Waals surface area (Å²) in [4.78, 5) is 0.297. The predicted molar refractivity (Wildman–Crippen MR) is 76.7 cm³/mol. The van der Waals surface area contributed by atoms with Gasteiger partial charge < -0.3 is 5.73 Å². The minimum Gasteiger partial charge on any atom is -0.328 e. The Balaban J connectivity index is 2.31. The Hall–Kier alpha value is -0.620. The summed E-state index contributed by atoms with van der Waals surface area (Å²) in [6.45, 7) is 4.67. The molecule has 106 valence electrons. The van der Waals surface area contributed by atoms with Gasteiger partial charge in [-0.25, -0.2) is 8.42 Å². The van der Waals surface area contributed by atoms with Crippen LogP contribution in [0.2, 0.25) is 5.02 Å². The number of rotatable bonds is 3. The van der Waals surface area contributed by atoms with E-state index in [-0.39, 0.29) is 12.0 Å². The molecule has 1 aromatic carbocycles. The first-order chi connectivity index (χ1) is 8.84. The highest BCUT2D eigenvalue weighted by Gasteiger charge is 2.34. The van der Waals surface area contributed by atoms with Crippen molar-refractivity contribution in [2.75, 3.05) is 13.1 Å². The zero-order chi connectivity index (χ0) is 14.2. The normalized spacial score (nSPS) is 22.6. The molecule has 0 radical (unpaired) electrons. The summed E-state index contributed by atoms with van der Waals surface area (Å²) >= 11 is 6.00. The Kier molecular flexibility index (Phi) is 4.20. The van der Waals surface area contributed by atoms with Gasteiger partial charge in [-0.3, -0.25) is 0 Å². The number of halogens is 1. The highest BCUT2D eigenvalue weighted by Crippen LogP contribution is 2.29. The van der Waals surface area contributed by atoms with Crippen molar-refractivity contribution in [2.24, 2.45) is 11.7 Å². The fraction of sp³-hybridized carbons (Fsp3) is 0.538. The Morgan fingerprint density at radius 1 is 1.47 bits per heavy atom. The lowest BCUT2D eigenvalue weighted by atomic mass is 10.0. The van der Waals surface area contributed by atoms with Crippen molar-refractivity contribution in [1.82, 2.24) is 4.31 Å². The van der Waals surface area contributed by atoms with Crippen molar-refractivity contribution < 1.29 is 8.42 Å². The maximum absolute atomic E-state index is 12.6. The summed E-state index contributed by atoms with van der Waals surface area (Å²) in [5.41, 5.74) is 6.46. The van der Waals surface area contributed by atoms with E-state index in [0.29, 0.717) is 28.6 Å². The molecule has 4 nitrogen and oxygen atoms in total. The van der Waals surface area contributed by atoms with Crippen LogP contribution in [0.3, 0.4) is 0 Å². The number of hydrogen-bond acceptors (Lipinski definition) is 3. The van der Waals surface area contributed by atoms with E-state index < -0.39 is 10.0 Å². The first kappa shape index (κ1) is 14.8. The lowest BCUT2D eigenvalue weighted by molar-refractivity contribution is 0.429. The second-order valence-electron chi connectivity index (χ2n) is 5.13. The average molecular weight is 303 g/mol. The van der Waals surface area contributed by atoms with Crippen molar-refractivity contribution in [3.05, 3.63) is 28.8 Å². The third-order valence-electron chi connectivity index (χ3n) is 3.77. The smallest absolute Gasteiger partial charge is 0.243 e. The van der Waals surface area contributed by atoms with Crippen molar-refractivity contribution >= 4 is 21.6 Å². The van der Waals surface area contributed by atoms with Crippen LogP contribution < -0.4 is 5.73 Å². The topological polar surface area (TPSA) is 63.4 Å². The standard InChI is InChI=1S/C13H19ClN2O2S/c1-9-12(14)4-3-5-13(9)19(17,18)16-7-6-11(8-16)10(2)15/h3-5,10-11H,6-8,15H2,1-2H3. The molecule has 1 saturated heterocycles. The minimum atomic E-state index is -3.46. The number of sulfonamides is 1.